The molecular formula is C9H16N2O. The molecule has 3 nitrogen and oxygen atoms in total. The molecule has 1 heterocycles. The average molecular weight is 168 g/mol. The summed E-state index contributed by atoms with van der Waals surface area (Å²) in [7, 11) is 0. The van der Waals surface area contributed by atoms with E-state index in [0.29, 0.717) is 6.42 Å². The maximum atomic E-state index is 11.2. The number of hydrazine groups is 1. The number of carbonyl (C=O) groups excluding carboxylic acids is 1. The first kappa shape index (κ1) is 8.05. The van der Waals surface area contributed by atoms with E-state index < -0.39 is 0 Å². The molecular weight excluding hydrogens is 152 g/mol. The van der Waals surface area contributed by atoms with Gasteiger partial charge in [0.1, 0.15) is 0 Å². The van der Waals surface area contributed by atoms with Crippen LogP contribution in [0.15, 0.2) is 0 Å². The summed E-state index contributed by atoms with van der Waals surface area (Å²) in [5, 5.41) is 1.79. The minimum absolute atomic E-state index is 0.273. The Hall–Kier alpha value is -0.570. The molecule has 0 aromatic carbocycles. The van der Waals surface area contributed by atoms with Crippen LogP contribution in [0.2, 0.25) is 0 Å². The van der Waals surface area contributed by atoms with E-state index in [0.717, 1.165) is 19.0 Å². The molecule has 1 aliphatic heterocycles. The highest BCUT2D eigenvalue weighted by molar-refractivity contribution is 5.77. The van der Waals surface area contributed by atoms with Crippen LogP contribution in [0.3, 0.4) is 0 Å². The Labute approximate surface area is 73.1 Å². The molecule has 2 aliphatic rings. The molecule has 0 unspecified atom stereocenters. The first-order valence-electron chi connectivity index (χ1n) is 4.90. The lowest BCUT2D eigenvalue weighted by atomic mass is 9.83. The van der Waals surface area contributed by atoms with Gasteiger partial charge in [0.25, 0.3) is 0 Å². The van der Waals surface area contributed by atoms with E-state index in [1.54, 1.807) is 5.01 Å². The summed E-state index contributed by atoms with van der Waals surface area (Å²) in [6.07, 6.45) is 6.03. The van der Waals surface area contributed by atoms with Gasteiger partial charge in [0.2, 0.25) is 5.91 Å². The standard InChI is InChI=1S/C9H16N2O/c12-9-4-6-10-11(9)7-5-8-2-1-3-8/h8,10H,1-7H2. The average Bonchev–Trinajstić information content (AvgIpc) is 2.33. The summed E-state index contributed by atoms with van der Waals surface area (Å²) in [6.45, 7) is 1.76. The Balaban J connectivity index is 1.68. The summed E-state index contributed by atoms with van der Waals surface area (Å²) in [5.41, 5.74) is 3.09. The highest BCUT2D eigenvalue weighted by atomic mass is 16.2. The molecule has 0 bridgehead atoms. The van der Waals surface area contributed by atoms with Crippen molar-refractivity contribution < 1.29 is 4.79 Å². The van der Waals surface area contributed by atoms with E-state index in [1.165, 1.54) is 25.7 Å². The van der Waals surface area contributed by atoms with Crippen molar-refractivity contribution in [3.8, 4) is 0 Å². The molecule has 1 aliphatic carbocycles. The number of hydrogen-bond donors (Lipinski definition) is 1. The van der Waals surface area contributed by atoms with Gasteiger partial charge in [-0.05, 0) is 12.3 Å². The molecule has 1 N–H and O–H groups in total. The molecule has 2 fully saturated rings. The summed E-state index contributed by atoms with van der Waals surface area (Å²) in [4.78, 5) is 11.2. The van der Waals surface area contributed by atoms with E-state index in [4.69, 9.17) is 0 Å². The molecule has 2 rings (SSSR count). The smallest absolute Gasteiger partial charge is 0.238 e. The summed E-state index contributed by atoms with van der Waals surface area (Å²) < 4.78 is 0. The molecule has 1 amide bonds. The number of rotatable bonds is 3. The van der Waals surface area contributed by atoms with Gasteiger partial charge in [-0.1, -0.05) is 19.3 Å². The maximum Gasteiger partial charge on any atom is 0.238 e. The van der Waals surface area contributed by atoms with Gasteiger partial charge in [-0.25, -0.2) is 5.43 Å². The van der Waals surface area contributed by atoms with Crippen LogP contribution in [0.25, 0.3) is 0 Å². The van der Waals surface area contributed by atoms with Gasteiger partial charge < -0.3 is 0 Å². The molecule has 0 aromatic heterocycles. The van der Waals surface area contributed by atoms with Gasteiger partial charge >= 0.3 is 0 Å². The predicted octanol–water partition coefficient (Wildman–Crippen LogP) is 0.913. The maximum absolute atomic E-state index is 11.2. The number of amides is 1. The fourth-order valence-corrected chi connectivity index (χ4v) is 1.82. The Morgan fingerprint density at radius 3 is 2.83 bits per heavy atom. The minimum Gasteiger partial charge on any atom is -0.278 e. The first-order chi connectivity index (χ1) is 5.86. The van der Waals surface area contributed by atoms with Gasteiger partial charge in [0.15, 0.2) is 0 Å². The van der Waals surface area contributed by atoms with Crippen LogP contribution in [-0.4, -0.2) is 24.0 Å². The molecule has 0 atom stereocenters. The zero-order valence-electron chi connectivity index (χ0n) is 7.38. The van der Waals surface area contributed by atoms with Gasteiger partial charge in [-0.3, -0.25) is 9.80 Å². The molecule has 68 valence electrons. The van der Waals surface area contributed by atoms with E-state index in [2.05, 4.69) is 5.43 Å². The lowest BCUT2D eigenvalue weighted by Gasteiger charge is -2.27. The molecule has 12 heavy (non-hydrogen) atoms. The molecule has 0 aromatic rings. The lowest BCUT2D eigenvalue weighted by molar-refractivity contribution is -0.129. The fourth-order valence-electron chi connectivity index (χ4n) is 1.82. The van der Waals surface area contributed by atoms with Crippen LogP contribution in [-0.2, 0) is 4.79 Å². The number of nitrogens with one attached hydrogen (secondary N) is 1. The van der Waals surface area contributed by atoms with Crippen LogP contribution < -0.4 is 5.43 Å². The van der Waals surface area contributed by atoms with Crippen molar-refractivity contribution in [2.45, 2.75) is 32.1 Å². The Morgan fingerprint density at radius 2 is 2.33 bits per heavy atom. The first-order valence-corrected chi connectivity index (χ1v) is 4.90. The molecule has 0 spiro atoms. The van der Waals surface area contributed by atoms with E-state index in [9.17, 15) is 4.79 Å². The summed E-state index contributed by atoms with van der Waals surface area (Å²) >= 11 is 0. The van der Waals surface area contributed by atoms with Gasteiger partial charge in [-0.15, -0.1) is 0 Å². The van der Waals surface area contributed by atoms with E-state index in [-0.39, 0.29) is 5.91 Å². The van der Waals surface area contributed by atoms with Crippen molar-refractivity contribution in [3.05, 3.63) is 0 Å². The fraction of sp³-hybridized carbons (Fsp3) is 0.889. The lowest BCUT2D eigenvalue weighted by Crippen LogP contribution is -2.36. The van der Waals surface area contributed by atoms with Crippen molar-refractivity contribution in [2.75, 3.05) is 13.1 Å². The topological polar surface area (TPSA) is 32.3 Å². The number of hydrogen-bond acceptors (Lipinski definition) is 2. The van der Waals surface area contributed by atoms with Crippen LogP contribution in [0.4, 0.5) is 0 Å². The monoisotopic (exact) mass is 168 g/mol. The van der Waals surface area contributed by atoms with Crippen molar-refractivity contribution in [2.24, 2.45) is 5.92 Å². The quantitative estimate of drug-likeness (QED) is 0.679. The zero-order valence-corrected chi connectivity index (χ0v) is 7.38. The van der Waals surface area contributed by atoms with E-state index in [1.807, 2.05) is 0 Å². The number of carbonyl (C=O) groups is 1. The predicted molar refractivity (Wildman–Crippen MR) is 46.3 cm³/mol. The Kier molecular flexibility index (Phi) is 2.30. The Bertz CT molecular complexity index is 177. The third-order valence-corrected chi connectivity index (χ3v) is 2.93. The second-order valence-electron chi connectivity index (χ2n) is 3.79. The SMILES string of the molecule is O=C1CCNN1CCC1CCC1. The van der Waals surface area contributed by atoms with Crippen molar-refractivity contribution in [3.63, 3.8) is 0 Å². The van der Waals surface area contributed by atoms with Gasteiger partial charge in [0, 0.05) is 19.5 Å². The largest absolute Gasteiger partial charge is 0.278 e. The molecule has 3 heteroatoms. The second-order valence-corrected chi connectivity index (χ2v) is 3.79. The third-order valence-electron chi connectivity index (χ3n) is 2.93. The highest BCUT2D eigenvalue weighted by Crippen LogP contribution is 2.29. The zero-order chi connectivity index (χ0) is 8.39. The molecule has 0 radical (unpaired) electrons. The van der Waals surface area contributed by atoms with Crippen LogP contribution in [0.1, 0.15) is 32.1 Å². The molecule has 1 saturated carbocycles. The van der Waals surface area contributed by atoms with Gasteiger partial charge in [-0.2, -0.15) is 0 Å². The van der Waals surface area contributed by atoms with Crippen LogP contribution in [0, 0.1) is 5.92 Å². The van der Waals surface area contributed by atoms with Crippen LogP contribution >= 0.6 is 0 Å². The van der Waals surface area contributed by atoms with E-state index >= 15 is 0 Å². The highest BCUT2D eigenvalue weighted by Gasteiger charge is 2.22. The normalized spacial score (nSPS) is 24.7. The second kappa shape index (κ2) is 3.44. The third kappa shape index (κ3) is 1.61. The van der Waals surface area contributed by atoms with Crippen molar-refractivity contribution >= 4 is 5.91 Å². The Morgan fingerprint density at radius 1 is 1.50 bits per heavy atom. The van der Waals surface area contributed by atoms with Gasteiger partial charge in [0.05, 0.1) is 0 Å². The van der Waals surface area contributed by atoms with Crippen LogP contribution in [0.5, 0.6) is 0 Å². The molecule has 1 saturated heterocycles. The number of nitrogens with zero attached hydrogens (tertiary/aromatic N) is 1. The van der Waals surface area contributed by atoms with Crippen molar-refractivity contribution in [1.82, 2.24) is 10.4 Å². The summed E-state index contributed by atoms with van der Waals surface area (Å²) in [6, 6.07) is 0. The minimum atomic E-state index is 0.273. The van der Waals surface area contributed by atoms with Crippen molar-refractivity contribution in [1.29, 1.82) is 0 Å². The summed E-state index contributed by atoms with van der Waals surface area (Å²) in [5.74, 6) is 1.18.